The molecule has 1 unspecified atom stereocenters. The first kappa shape index (κ1) is 11.8. The number of aliphatic hydroxyl groups is 1. The fourth-order valence-corrected chi connectivity index (χ4v) is 2.01. The predicted octanol–water partition coefficient (Wildman–Crippen LogP) is 3.09. The molecule has 0 aliphatic carbocycles. The van der Waals surface area contributed by atoms with Crippen molar-refractivity contribution >= 4 is 0 Å². The van der Waals surface area contributed by atoms with Gasteiger partial charge in [-0.3, -0.25) is 4.98 Å². The van der Waals surface area contributed by atoms with Crippen LogP contribution in [-0.4, -0.2) is 10.1 Å². The van der Waals surface area contributed by atoms with Crippen molar-refractivity contribution in [2.75, 3.05) is 0 Å². The zero-order valence-corrected chi connectivity index (χ0v) is 10.4. The van der Waals surface area contributed by atoms with Crippen LogP contribution < -0.4 is 0 Å². The van der Waals surface area contributed by atoms with Gasteiger partial charge in [0, 0.05) is 17.0 Å². The zero-order valence-electron chi connectivity index (χ0n) is 10.4. The molecule has 17 heavy (non-hydrogen) atoms. The highest BCUT2D eigenvalue weighted by atomic mass is 16.3. The smallest absolute Gasteiger partial charge is 0.106 e. The third kappa shape index (κ3) is 2.53. The monoisotopic (exact) mass is 227 g/mol. The standard InChI is InChI=1S/C15H17NO/c1-10-5-4-6-13(9-10)15(17)14-8-7-11(2)16-12(14)3/h4-9,15,17H,1-3H3. The average Bonchev–Trinajstić information content (AvgIpc) is 2.28. The van der Waals surface area contributed by atoms with Crippen molar-refractivity contribution in [1.29, 1.82) is 0 Å². The minimum atomic E-state index is -0.594. The van der Waals surface area contributed by atoms with Crippen molar-refractivity contribution in [2.45, 2.75) is 26.9 Å². The molecule has 1 N–H and O–H groups in total. The molecule has 2 heteroatoms. The maximum atomic E-state index is 10.3. The number of aromatic nitrogens is 1. The SMILES string of the molecule is Cc1cccc(C(O)c2ccc(C)nc2C)c1. The summed E-state index contributed by atoms with van der Waals surface area (Å²) in [6.45, 7) is 5.91. The molecular weight excluding hydrogens is 210 g/mol. The van der Waals surface area contributed by atoms with Crippen molar-refractivity contribution in [3.8, 4) is 0 Å². The molecule has 1 atom stereocenters. The normalized spacial score (nSPS) is 12.5. The third-order valence-electron chi connectivity index (χ3n) is 2.92. The summed E-state index contributed by atoms with van der Waals surface area (Å²) in [5, 5.41) is 10.3. The maximum absolute atomic E-state index is 10.3. The molecule has 0 bridgehead atoms. The Labute approximate surface area is 102 Å². The molecule has 0 saturated heterocycles. The number of hydrogen-bond acceptors (Lipinski definition) is 2. The molecule has 2 aromatic rings. The van der Waals surface area contributed by atoms with Gasteiger partial charge in [0.2, 0.25) is 0 Å². The van der Waals surface area contributed by atoms with Gasteiger partial charge in [0.15, 0.2) is 0 Å². The first-order chi connectivity index (χ1) is 8.08. The fourth-order valence-electron chi connectivity index (χ4n) is 2.01. The lowest BCUT2D eigenvalue weighted by Gasteiger charge is -2.14. The second-order valence-corrected chi connectivity index (χ2v) is 4.44. The molecule has 0 radical (unpaired) electrons. The molecule has 0 spiro atoms. The van der Waals surface area contributed by atoms with Gasteiger partial charge < -0.3 is 5.11 Å². The van der Waals surface area contributed by atoms with E-state index in [1.54, 1.807) is 0 Å². The van der Waals surface area contributed by atoms with E-state index in [2.05, 4.69) is 4.98 Å². The van der Waals surface area contributed by atoms with Gasteiger partial charge in [-0.25, -0.2) is 0 Å². The Morgan fingerprint density at radius 3 is 2.47 bits per heavy atom. The summed E-state index contributed by atoms with van der Waals surface area (Å²) >= 11 is 0. The fraction of sp³-hybridized carbons (Fsp3) is 0.267. The molecule has 0 amide bonds. The van der Waals surface area contributed by atoms with Gasteiger partial charge in [-0.2, -0.15) is 0 Å². The minimum Gasteiger partial charge on any atom is -0.384 e. The van der Waals surface area contributed by atoms with E-state index in [9.17, 15) is 5.11 Å². The number of pyridine rings is 1. The van der Waals surface area contributed by atoms with Crippen LogP contribution >= 0.6 is 0 Å². The van der Waals surface area contributed by atoms with E-state index in [4.69, 9.17) is 0 Å². The van der Waals surface area contributed by atoms with Crippen molar-refractivity contribution in [3.63, 3.8) is 0 Å². The second kappa shape index (κ2) is 4.68. The highest BCUT2D eigenvalue weighted by Crippen LogP contribution is 2.24. The van der Waals surface area contributed by atoms with E-state index >= 15 is 0 Å². The number of rotatable bonds is 2. The van der Waals surface area contributed by atoms with Crippen LogP contribution in [-0.2, 0) is 0 Å². The van der Waals surface area contributed by atoms with Crippen LogP contribution in [0, 0.1) is 20.8 Å². The number of hydrogen-bond donors (Lipinski definition) is 1. The Morgan fingerprint density at radius 2 is 1.82 bits per heavy atom. The molecule has 0 saturated carbocycles. The van der Waals surface area contributed by atoms with E-state index in [0.717, 1.165) is 28.1 Å². The van der Waals surface area contributed by atoms with Crippen molar-refractivity contribution < 1.29 is 5.11 Å². The van der Waals surface area contributed by atoms with Gasteiger partial charge >= 0.3 is 0 Å². The predicted molar refractivity (Wildman–Crippen MR) is 69.0 cm³/mol. The molecule has 1 aromatic heterocycles. The molecule has 1 heterocycles. The highest BCUT2D eigenvalue weighted by molar-refractivity contribution is 5.34. The molecular formula is C15H17NO. The van der Waals surface area contributed by atoms with Crippen LogP contribution in [0.5, 0.6) is 0 Å². The van der Waals surface area contributed by atoms with Crippen LogP contribution in [0.4, 0.5) is 0 Å². The topological polar surface area (TPSA) is 33.1 Å². The lowest BCUT2D eigenvalue weighted by atomic mass is 9.99. The minimum absolute atomic E-state index is 0.594. The van der Waals surface area contributed by atoms with Gasteiger partial charge in [-0.05, 0) is 32.4 Å². The van der Waals surface area contributed by atoms with Crippen molar-refractivity contribution in [3.05, 3.63) is 64.5 Å². The maximum Gasteiger partial charge on any atom is 0.106 e. The largest absolute Gasteiger partial charge is 0.384 e. The summed E-state index contributed by atoms with van der Waals surface area (Å²) < 4.78 is 0. The van der Waals surface area contributed by atoms with Crippen molar-refractivity contribution in [2.24, 2.45) is 0 Å². The van der Waals surface area contributed by atoms with E-state index in [-0.39, 0.29) is 0 Å². The Kier molecular flexibility index (Phi) is 3.25. The Hall–Kier alpha value is -1.67. The van der Waals surface area contributed by atoms with Gasteiger partial charge in [0.25, 0.3) is 0 Å². The van der Waals surface area contributed by atoms with E-state index in [1.165, 1.54) is 0 Å². The van der Waals surface area contributed by atoms with E-state index < -0.39 is 6.10 Å². The zero-order chi connectivity index (χ0) is 12.4. The van der Waals surface area contributed by atoms with E-state index in [0.29, 0.717) is 0 Å². The third-order valence-corrected chi connectivity index (χ3v) is 2.92. The average molecular weight is 227 g/mol. The summed E-state index contributed by atoms with van der Waals surface area (Å²) in [5.74, 6) is 0. The van der Waals surface area contributed by atoms with Gasteiger partial charge in [-0.15, -0.1) is 0 Å². The number of aliphatic hydroxyl groups excluding tert-OH is 1. The summed E-state index contributed by atoms with van der Waals surface area (Å²) in [4.78, 5) is 4.38. The molecule has 1 aromatic carbocycles. The van der Waals surface area contributed by atoms with Crippen LogP contribution in [0.3, 0.4) is 0 Å². The van der Waals surface area contributed by atoms with Crippen LogP contribution in [0.25, 0.3) is 0 Å². The Balaban J connectivity index is 2.40. The second-order valence-electron chi connectivity index (χ2n) is 4.44. The lowest BCUT2D eigenvalue weighted by molar-refractivity contribution is 0.219. The number of benzene rings is 1. The molecule has 0 aliphatic heterocycles. The molecule has 88 valence electrons. The summed E-state index contributed by atoms with van der Waals surface area (Å²) in [7, 11) is 0. The highest BCUT2D eigenvalue weighted by Gasteiger charge is 2.13. The van der Waals surface area contributed by atoms with Crippen LogP contribution in [0.15, 0.2) is 36.4 Å². The molecule has 2 rings (SSSR count). The number of nitrogens with zero attached hydrogens (tertiary/aromatic N) is 1. The quantitative estimate of drug-likeness (QED) is 0.855. The molecule has 0 aliphatic rings. The van der Waals surface area contributed by atoms with Crippen LogP contribution in [0.2, 0.25) is 0 Å². The summed E-state index contributed by atoms with van der Waals surface area (Å²) in [6.07, 6.45) is -0.594. The molecule has 2 nitrogen and oxygen atoms in total. The number of aryl methyl sites for hydroxylation is 3. The summed E-state index contributed by atoms with van der Waals surface area (Å²) in [6, 6.07) is 11.8. The summed E-state index contributed by atoms with van der Waals surface area (Å²) in [5.41, 5.74) is 4.81. The van der Waals surface area contributed by atoms with E-state index in [1.807, 2.05) is 57.2 Å². The van der Waals surface area contributed by atoms with Gasteiger partial charge in [0.1, 0.15) is 6.10 Å². The van der Waals surface area contributed by atoms with Gasteiger partial charge in [0.05, 0.1) is 0 Å². The van der Waals surface area contributed by atoms with Gasteiger partial charge in [-0.1, -0.05) is 35.9 Å². The lowest BCUT2D eigenvalue weighted by Crippen LogP contribution is -2.04. The van der Waals surface area contributed by atoms with Crippen molar-refractivity contribution in [1.82, 2.24) is 4.98 Å². The Bertz CT molecular complexity index is 534. The first-order valence-electron chi connectivity index (χ1n) is 5.76. The first-order valence-corrected chi connectivity index (χ1v) is 5.76. The van der Waals surface area contributed by atoms with Crippen LogP contribution in [0.1, 0.15) is 34.2 Å². The molecule has 0 fully saturated rings. The Morgan fingerprint density at radius 1 is 1.06 bits per heavy atom.